The number of benzene rings is 2. The van der Waals surface area contributed by atoms with Gasteiger partial charge in [-0.25, -0.2) is 0 Å². The summed E-state index contributed by atoms with van der Waals surface area (Å²) in [6.45, 7) is 0. The van der Waals surface area contributed by atoms with Gasteiger partial charge in [-0.3, -0.25) is 10.1 Å². The Labute approximate surface area is 127 Å². The molecule has 0 saturated heterocycles. The minimum atomic E-state index is -0.375. The van der Waals surface area contributed by atoms with Crippen molar-refractivity contribution in [2.45, 2.75) is 18.9 Å². The van der Waals surface area contributed by atoms with Gasteiger partial charge in [-0.1, -0.05) is 29.8 Å². The zero-order valence-electron chi connectivity index (χ0n) is 11.3. The zero-order chi connectivity index (χ0) is 14.8. The maximum Gasteiger partial charge on any atom is 0.271 e. The lowest BCUT2D eigenvalue weighted by Gasteiger charge is -2.20. The highest BCUT2D eigenvalue weighted by molar-refractivity contribution is 6.30. The normalized spacial score (nSPS) is 15.5. The molecule has 2 aromatic rings. The van der Waals surface area contributed by atoms with Gasteiger partial charge in [0.1, 0.15) is 0 Å². The molecule has 1 N–H and O–H groups in total. The van der Waals surface area contributed by atoms with Crippen LogP contribution in [0.4, 0.5) is 11.4 Å². The van der Waals surface area contributed by atoms with Gasteiger partial charge in [0.05, 0.1) is 11.0 Å². The summed E-state index contributed by atoms with van der Waals surface area (Å²) in [4.78, 5) is 10.5. The topological polar surface area (TPSA) is 55.2 Å². The molecular formula is C16H15ClN2O2. The Hall–Kier alpha value is -2.07. The van der Waals surface area contributed by atoms with Crippen molar-refractivity contribution in [2.24, 2.45) is 5.92 Å². The van der Waals surface area contributed by atoms with Crippen LogP contribution in [0, 0.1) is 16.0 Å². The molecule has 0 heterocycles. The van der Waals surface area contributed by atoms with Crippen LogP contribution < -0.4 is 5.32 Å². The second-order valence-electron chi connectivity index (χ2n) is 5.32. The van der Waals surface area contributed by atoms with Crippen LogP contribution in [0.15, 0.2) is 48.5 Å². The van der Waals surface area contributed by atoms with Crippen molar-refractivity contribution in [3.63, 3.8) is 0 Å². The van der Waals surface area contributed by atoms with E-state index in [0.717, 1.165) is 11.3 Å². The van der Waals surface area contributed by atoms with Crippen molar-refractivity contribution >= 4 is 23.0 Å². The number of nitrogens with one attached hydrogen (secondary N) is 1. The van der Waals surface area contributed by atoms with Crippen molar-refractivity contribution in [2.75, 3.05) is 5.32 Å². The molecule has 1 saturated carbocycles. The molecule has 4 nitrogen and oxygen atoms in total. The number of hydrogen-bond acceptors (Lipinski definition) is 3. The van der Waals surface area contributed by atoms with Gasteiger partial charge in [-0.05, 0) is 42.5 Å². The lowest BCUT2D eigenvalue weighted by Crippen LogP contribution is -2.12. The molecule has 21 heavy (non-hydrogen) atoms. The molecule has 0 aliphatic heterocycles. The molecule has 1 fully saturated rings. The van der Waals surface area contributed by atoms with Crippen LogP contribution >= 0.6 is 11.6 Å². The quantitative estimate of drug-likeness (QED) is 0.637. The molecular weight excluding hydrogens is 288 g/mol. The van der Waals surface area contributed by atoms with E-state index in [-0.39, 0.29) is 16.7 Å². The molecule has 108 valence electrons. The average Bonchev–Trinajstić information content (AvgIpc) is 3.31. The Morgan fingerprint density at radius 3 is 2.52 bits per heavy atom. The van der Waals surface area contributed by atoms with Crippen molar-refractivity contribution in [3.8, 4) is 0 Å². The highest BCUT2D eigenvalue weighted by Gasteiger charge is 2.32. The van der Waals surface area contributed by atoms with E-state index in [0.29, 0.717) is 10.9 Å². The first-order valence-corrected chi connectivity index (χ1v) is 7.28. The van der Waals surface area contributed by atoms with Crippen LogP contribution in [0.1, 0.15) is 24.4 Å². The summed E-state index contributed by atoms with van der Waals surface area (Å²) in [5.41, 5.74) is 2.04. The van der Waals surface area contributed by atoms with Gasteiger partial charge in [-0.15, -0.1) is 0 Å². The molecule has 0 amide bonds. The third-order valence-corrected chi connectivity index (χ3v) is 3.95. The van der Waals surface area contributed by atoms with Crippen LogP contribution in [0.25, 0.3) is 0 Å². The summed E-state index contributed by atoms with van der Waals surface area (Å²) in [6, 6.07) is 14.6. The highest BCUT2D eigenvalue weighted by atomic mass is 35.5. The van der Waals surface area contributed by atoms with Gasteiger partial charge in [-0.2, -0.15) is 0 Å². The average molecular weight is 303 g/mol. The number of nitro groups is 1. The second-order valence-corrected chi connectivity index (χ2v) is 5.75. The smallest absolute Gasteiger partial charge is 0.271 e. The number of hydrogen-bond donors (Lipinski definition) is 1. The van der Waals surface area contributed by atoms with Crippen LogP contribution in [0.5, 0.6) is 0 Å². The molecule has 1 aliphatic rings. The first-order valence-electron chi connectivity index (χ1n) is 6.90. The van der Waals surface area contributed by atoms with E-state index in [1.165, 1.54) is 18.9 Å². The number of anilines is 1. The third kappa shape index (κ3) is 3.34. The minimum Gasteiger partial charge on any atom is -0.378 e. The molecule has 1 unspecified atom stereocenters. The summed E-state index contributed by atoms with van der Waals surface area (Å²) < 4.78 is 0. The predicted molar refractivity (Wildman–Crippen MR) is 83.6 cm³/mol. The second kappa shape index (κ2) is 5.74. The number of nitro benzene ring substituents is 1. The number of halogens is 1. The van der Waals surface area contributed by atoms with E-state index >= 15 is 0 Å². The van der Waals surface area contributed by atoms with Crippen molar-refractivity contribution in [3.05, 3.63) is 69.2 Å². The molecule has 2 aromatic carbocycles. The zero-order valence-corrected chi connectivity index (χ0v) is 12.1. The molecule has 1 atom stereocenters. The third-order valence-electron chi connectivity index (χ3n) is 3.70. The van der Waals surface area contributed by atoms with E-state index in [9.17, 15) is 10.1 Å². The Bertz CT molecular complexity index is 654. The number of nitrogens with zero attached hydrogens (tertiary/aromatic N) is 1. The summed E-state index contributed by atoms with van der Waals surface area (Å²) in [5.74, 6) is 0.574. The fourth-order valence-electron chi connectivity index (χ4n) is 2.46. The minimum absolute atomic E-state index is 0.102. The molecule has 0 aromatic heterocycles. The molecule has 1 aliphatic carbocycles. The van der Waals surface area contributed by atoms with Gasteiger partial charge in [0, 0.05) is 22.8 Å². The summed E-state index contributed by atoms with van der Waals surface area (Å²) in [6.07, 6.45) is 2.35. The predicted octanol–water partition coefficient (Wildman–Crippen LogP) is 4.81. The summed E-state index contributed by atoms with van der Waals surface area (Å²) in [5, 5.41) is 15.0. The standard InChI is InChI=1S/C16H15ClN2O2/c17-13-8-6-12(7-9-13)16(11-4-5-11)18-14-2-1-3-15(10-14)19(20)21/h1-3,6-11,16,18H,4-5H2. The Kier molecular flexibility index (Phi) is 3.80. The van der Waals surface area contributed by atoms with E-state index < -0.39 is 0 Å². The fourth-order valence-corrected chi connectivity index (χ4v) is 2.59. The van der Waals surface area contributed by atoms with Gasteiger partial charge in [0.15, 0.2) is 0 Å². The molecule has 0 radical (unpaired) electrons. The maximum atomic E-state index is 10.9. The van der Waals surface area contributed by atoms with E-state index in [1.54, 1.807) is 12.1 Å². The first-order chi connectivity index (χ1) is 10.1. The van der Waals surface area contributed by atoms with Gasteiger partial charge >= 0.3 is 0 Å². The monoisotopic (exact) mass is 302 g/mol. The molecule has 0 bridgehead atoms. The molecule has 0 spiro atoms. The summed E-state index contributed by atoms with van der Waals surface area (Å²) >= 11 is 5.93. The maximum absolute atomic E-state index is 10.9. The van der Waals surface area contributed by atoms with Gasteiger partial charge < -0.3 is 5.32 Å². The van der Waals surface area contributed by atoms with Crippen molar-refractivity contribution in [1.29, 1.82) is 0 Å². The Morgan fingerprint density at radius 2 is 1.90 bits per heavy atom. The van der Waals surface area contributed by atoms with Crippen molar-refractivity contribution < 1.29 is 4.92 Å². The largest absolute Gasteiger partial charge is 0.378 e. The van der Waals surface area contributed by atoms with E-state index in [2.05, 4.69) is 5.32 Å². The Balaban J connectivity index is 1.84. The van der Waals surface area contributed by atoms with Crippen LogP contribution in [-0.2, 0) is 0 Å². The SMILES string of the molecule is O=[N+]([O-])c1cccc(NC(c2ccc(Cl)cc2)C2CC2)c1. The van der Waals surface area contributed by atoms with Crippen molar-refractivity contribution in [1.82, 2.24) is 0 Å². The Morgan fingerprint density at radius 1 is 1.19 bits per heavy atom. The van der Waals surface area contributed by atoms with E-state index in [4.69, 9.17) is 11.6 Å². The van der Waals surface area contributed by atoms with Crippen LogP contribution in [0.2, 0.25) is 5.02 Å². The number of non-ortho nitro benzene ring substituents is 1. The molecule has 5 heteroatoms. The van der Waals surface area contributed by atoms with Gasteiger partial charge in [0.2, 0.25) is 0 Å². The lowest BCUT2D eigenvalue weighted by atomic mass is 10.0. The fraction of sp³-hybridized carbons (Fsp3) is 0.250. The lowest BCUT2D eigenvalue weighted by molar-refractivity contribution is -0.384. The van der Waals surface area contributed by atoms with E-state index in [1.807, 2.05) is 30.3 Å². The van der Waals surface area contributed by atoms with Gasteiger partial charge in [0.25, 0.3) is 5.69 Å². The first kappa shape index (κ1) is 13.9. The van der Waals surface area contributed by atoms with Crippen LogP contribution in [-0.4, -0.2) is 4.92 Å². The molecule has 3 rings (SSSR count). The summed E-state index contributed by atoms with van der Waals surface area (Å²) in [7, 11) is 0. The number of rotatable bonds is 5. The van der Waals surface area contributed by atoms with Crippen LogP contribution in [0.3, 0.4) is 0 Å². The highest BCUT2D eigenvalue weighted by Crippen LogP contribution is 2.43.